The summed E-state index contributed by atoms with van der Waals surface area (Å²) in [6.45, 7) is 0. The zero-order chi connectivity index (χ0) is 10.2. The quantitative estimate of drug-likeness (QED) is 0.533. The van der Waals surface area contributed by atoms with Crippen LogP contribution in [0.5, 0.6) is 0 Å². The Bertz CT molecular complexity index is 390. The number of hydrogen-bond donors (Lipinski definition) is 3. The lowest BCUT2D eigenvalue weighted by Crippen LogP contribution is -2.43. The van der Waals surface area contributed by atoms with Gasteiger partial charge in [0.05, 0.1) is 0 Å². The number of imide groups is 1. The van der Waals surface area contributed by atoms with Gasteiger partial charge in [-0.25, -0.2) is 4.79 Å². The first-order valence-electron chi connectivity index (χ1n) is 4.04. The average molecular weight is 192 g/mol. The highest BCUT2D eigenvalue weighted by Gasteiger charge is 2.45. The van der Waals surface area contributed by atoms with Gasteiger partial charge in [-0.05, 0) is 0 Å². The van der Waals surface area contributed by atoms with Crippen molar-refractivity contribution < 1.29 is 14.7 Å². The average Bonchev–Trinajstić information content (AvgIpc) is 2.43. The van der Waals surface area contributed by atoms with Crippen molar-refractivity contribution in [1.82, 2.24) is 10.6 Å². The summed E-state index contributed by atoms with van der Waals surface area (Å²) in [6.07, 6.45) is 0. The Morgan fingerprint density at radius 1 is 1.14 bits per heavy atom. The van der Waals surface area contributed by atoms with Crippen molar-refractivity contribution in [2.75, 3.05) is 0 Å². The smallest absolute Gasteiger partial charge is 0.324 e. The van der Waals surface area contributed by atoms with E-state index in [-0.39, 0.29) is 0 Å². The summed E-state index contributed by atoms with van der Waals surface area (Å²) in [5.74, 6) is -0.756. The van der Waals surface area contributed by atoms with Gasteiger partial charge in [-0.15, -0.1) is 0 Å². The van der Waals surface area contributed by atoms with E-state index in [0.29, 0.717) is 5.56 Å². The summed E-state index contributed by atoms with van der Waals surface area (Å²) in [6, 6.07) is 7.52. The molecule has 1 heterocycles. The maximum Gasteiger partial charge on any atom is 0.324 e. The topological polar surface area (TPSA) is 78.4 Å². The number of urea groups is 1. The van der Waals surface area contributed by atoms with Gasteiger partial charge in [0.2, 0.25) is 5.72 Å². The van der Waals surface area contributed by atoms with E-state index in [0.717, 1.165) is 0 Å². The summed E-state index contributed by atoms with van der Waals surface area (Å²) in [4.78, 5) is 22.1. The first-order valence-corrected chi connectivity index (χ1v) is 4.04. The fraction of sp³-hybridized carbons (Fsp3) is 0.111. The minimum absolute atomic E-state index is 0.336. The molecule has 2 rings (SSSR count). The van der Waals surface area contributed by atoms with E-state index in [4.69, 9.17) is 0 Å². The van der Waals surface area contributed by atoms with Crippen molar-refractivity contribution in [2.45, 2.75) is 5.72 Å². The van der Waals surface area contributed by atoms with Gasteiger partial charge in [0.1, 0.15) is 0 Å². The van der Waals surface area contributed by atoms with Crippen molar-refractivity contribution in [1.29, 1.82) is 0 Å². The summed E-state index contributed by atoms with van der Waals surface area (Å²) < 4.78 is 0. The summed E-state index contributed by atoms with van der Waals surface area (Å²) >= 11 is 0. The summed E-state index contributed by atoms with van der Waals surface area (Å²) in [7, 11) is 0. The van der Waals surface area contributed by atoms with E-state index in [1.165, 1.54) is 0 Å². The third kappa shape index (κ3) is 1.14. The monoisotopic (exact) mass is 192 g/mol. The second-order valence-electron chi connectivity index (χ2n) is 2.98. The van der Waals surface area contributed by atoms with Crippen molar-refractivity contribution >= 4 is 11.9 Å². The number of benzene rings is 1. The lowest BCUT2D eigenvalue weighted by molar-refractivity contribution is -0.137. The van der Waals surface area contributed by atoms with Gasteiger partial charge >= 0.3 is 6.03 Å². The SMILES string of the molecule is O=C1NC(=O)C(O)(c2ccccc2)N1. The van der Waals surface area contributed by atoms with E-state index in [1.54, 1.807) is 30.3 Å². The number of carbonyl (C=O) groups is 2. The molecule has 5 nitrogen and oxygen atoms in total. The Kier molecular flexibility index (Phi) is 1.75. The third-order valence-electron chi connectivity index (χ3n) is 2.04. The molecule has 72 valence electrons. The van der Waals surface area contributed by atoms with Crippen molar-refractivity contribution in [3.05, 3.63) is 35.9 Å². The summed E-state index contributed by atoms with van der Waals surface area (Å²) in [5, 5.41) is 14.0. The fourth-order valence-electron chi connectivity index (χ4n) is 1.33. The number of nitrogens with one attached hydrogen (secondary N) is 2. The van der Waals surface area contributed by atoms with Crippen LogP contribution in [-0.4, -0.2) is 17.0 Å². The van der Waals surface area contributed by atoms with Crippen LogP contribution in [-0.2, 0) is 10.5 Å². The molecular weight excluding hydrogens is 184 g/mol. The molecule has 0 aromatic heterocycles. The van der Waals surface area contributed by atoms with Crippen LogP contribution in [0.4, 0.5) is 4.79 Å². The van der Waals surface area contributed by atoms with Gasteiger partial charge in [-0.2, -0.15) is 0 Å². The van der Waals surface area contributed by atoms with Crippen LogP contribution >= 0.6 is 0 Å². The Morgan fingerprint density at radius 2 is 1.79 bits per heavy atom. The fourth-order valence-corrected chi connectivity index (χ4v) is 1.33. The third-order valence-corrected chi connectivity index (χ3v) is 2.04. The van der Waals surface area contributed by atoms with Crippen molar-refractivity contribution in [2.24, 2.45) is 0 Å². The van der Waals surface area contributed by atoms with Gasteiger partial charge in [-0.1, -0.05) is 30.3 Å². The lowest BCUT2D eigenvalue weighted by atomic mass is 10.0. The minimum Gasteiger partial charge on any atom is -0.359 e. The van der Waals surface area contributed by atoms with E-state index in [2.05, 4.69) is 5.32 Å². The van der Waals surface area contributed by atoms with Gasteiger partial charge in [0.25, 0.3) is 5.91 Å². The molecule has 1 fully saturated rings. The molecule has 0 bridgehead atoms. The molecule has 1 aromatic carbocycles. The molecule has 1 atom stereocenters. The Morgan fingerprint density at radius 3 is 2.29 bits per heavy atom. The molecule has 0 saturated carbocycles. The normalized spacial score (nSPS) is 25.8. The number of carbonyl (C=O) groups excluding carboxylic acids is 2. The highest BCUT2D eigenvalue weighted by Crippen LogP contribution is 2.20. The van der Waals surface area contributed by atoms with Gasteiger partial charge in [-0.3, -0.25) is 15.4 Å². The van der Waals surface area contributed by atoms with Crippen LogP contribution in [0.1, 0.15) is 5.56 Å². The van der Waals surface area contributed by atoms with Crippen molar-refractivity contribution in [3.8, 4) is 0 Å². The second kappa shape index (κ2) is 2.81. The molecule has 0 radical (unpaired) electrons. The largest absolute Gasteiger partial charge is 0.359 e. The predicted octanol–water partition coefficient (Wildman–Crippen LogP) is -0.329. The van der Waals surface area contributed by atoms with Crippen LogP contribution in [0, 0.1) is 0 Å². The zero-order valence-corrected chi connectivity index (χ0v) is 7.15. The molecule has 5 heteroatoms. The Labute approximate surface area is 79.7 Å². The lowest BCUT2D eigenvalue weighted by Gasteiger charge is -2.18. The maximum atomic E-state index is 11.3. The Hall–Kier alpha value is -1.88. The maximum absolute atomic E-state index is 11.3. The number of hydrogen-bond acceptors (Lipinski definition) is 3. The minimum atomic E-state index is -1.93. The van der Waals surface area contributed by atoms with Gasteiger partial charge < -0.3 is 5.11 Å². The first kappa shape index (κ1) is 8.71. The van der Waals surface area contributed by atoms with Gasteiger partial charge in [0, 0.05) is 5.56 Å². The molecule has 0 spiro atoms. The van der Waals surface area contributed by atoms with E-state index < -0.39 is 17.7 Å². The molecule has 1 saturated heterocycles. The first-order chi connectivity index (χ1) is 6.63. The molecule has 3 amide bonds. The van der Waals surface area contributed by atoms with Gasteiger partial charge in [0.15, 0.2) is 0 Å². The highest BCUT2D eigenvalue weighted by atomic mass is 16.3. The number of aliphatic hydroxyl groups is 1. The highest BCUT2D eigenvalue weighted by molar-refractivity contribution is 6.06. The molecule has 1 aliphatic heterocycles. The second-order valence-corrected chi connectivity index (χ2v) is 2.98. The standard InChI is InChI=1S/C9H8N2O3/c12-7-9(14,11-8(13)10-7)6-4-2-1-3-5-6/h1-5,14H,(H2,10,11,12,13). The Balaban J connectivity index is 2.43. The van der Waals surface area contributed by atoms with E-state index in [1.807, 2.05) is 5.32 Å². The molecule has 1 aromatic rings. The molecular formula is C9H8N2O3. The number of amides is 3. The zero-order valence-electron chi connectivity index (χ0n) is 7.15. The molecule has 1 aliphatic rings. The van der Waals surface area contributed by atoms with Crippen LogP contribution in [0.15, 0.2) is 30.3 Å². The van der Waals surface area contributed by atoms with Crippen LogP contribution in [0.25, 0.3) is 0 Å². The van der Waals surface area contributed by atoms with Crippen LogP contribution in [0.3, 0.4) is 0 Å². The molecule has 14 heavy (non-hydrogen) atoms. The molecule has 0 aliphatic carbocycles. The van der Waals surface area contributed by atoms with Crippen LogP contribution < -0.4 is 10.6 Å². The molecule has 1 unspecified atom stereocenters. The molecule has 3 N–H and O–H groups in total. The van der Waals surface area contributed by atoms with E-state index >= 15 is 0 Å². The van der Waals surface area contributed by atoms with Crippen LogP contribution in [0.2, 0.25) is 0 Å². The summed E-state index contributed by atoms with van der Waals surface area (Å²) in [5.41, 5.74) is -1.60. The number of rotatable bonds is 1. The van der Waals surface area contributed by atoms with Crippen molar-refractivity contribution in [3.63, 3.8) is 0 Å². The predicted molar refractivity (Wildman–Crippen MR) is 47.0 cm³/mol. The van der Waals surface area contributed by atoms with E-state index in [9.17, 15) is 14.7 Å².